The van der Waals surface area contributed by atoms with E-state index in [0.717, 1.165) is 12.8 Å². The molecule has 0 fully saturated rings. The monoisotopic (exact) mass is 354 g/mol. The van der Waals surface area contributed by atoms with Gasteiger partial charge in [0.2, 0.25) is 11.0 Å². The number of rotatable bonds is 8. The van der Waals surface area contributed by atoms with Crippen LogP contribution in [0.5, 0.6) is 0 Å². The largest absolute Gasteiger partial charge is 0.353 e. The van der Waals surface area contributed by atoms with Gasteiger partial charge in [0.05, 0.1) is 11.4 Å². The number of amides is 1. The van der Waals surface area contributed by atoms with Gasteiger partial charge in [0.25, 0.3) is 0 Å². The molecular formula is C15H19FN4OS2. The highest BCUT2D eigenvalue weighted by atomic mass is 32.2. The molecule has 124 valence electrons. The van der Waals surface area contributed by atoms with Crippen LogP contribution in [0.1, 0.15) is 26.7 Å². The maximum atomic E-state index is 13.6. The van der Waals surface area contributed by atoms with Gasteiger partial charge in [0, 0.05) is 6.04 Å². The lowest BCUT2D eigenvalue weighted by molar-refractivity contribution is -0.119. The predicted molar refractivity (Wildman–Crippen MR) is 92.8 cm³/mol. The Hall–Kier alpha value is -1.67. The van der Waals surface area contributed by atoms with Gasteiger partial charge >= 0.3 is 0 Å². The average Bonchev–Trinajstić information content (AvgIpc) is 2.95. The van der Waals surface area contributed by atoms with Crippen LogP contribution in [0.4, 0.5) is 15.2 Å². The SMILES string of the molecule is CCC[C@H](C)NC(=O)CSc1nnc(Nc2ccccc2F)s1. The number of carbonyl (C=O) groups excluding carboxylic acids is 1. The number of nitrogens with zero attached hydrogens (tertiary/aromatic N) is 2. The number of carbonyl (C=O) groups is 1. The van der Waals surface area contributed by atoms with E-state index in [1.807, 2.05) is 6.92 Å². The lowest BCUT2D eigenvalue weighted by Gasteiger charge is -2.11. The van der Waals surface area contributed by atoms with Crippen molar-refractivity contribution in [2.24, 2.45) is 0 Å². The van der Waals surface area contributed by atoms with Gasteiger partial charge in [-0.25, -0.2) is 4.39 Å². The van der Waals surface area contributed by atoms with Crippen LogP contribution >= 0.6 is 23.1 Å². The molecule has 1 amide bonds. The van der Waals surface area contributed by atoms with Crippen molar-refractivity contribution in [2.45, 2.75) is 37.1 Å². The minimum absolute atomic E-state index is 0.0187. The molecule has 1 aromatic heterocycles. The van der Waals surface area contributed by atoms with E-state index in [-0.39, 0.29) is 17.8 Å². The summed E-state index contributed by atoms with van der Waals surface area (Å²) in [5.74, 6) is -0.0708. The van der Waals surface area contributed by atoms with Gasteiger partial charge in [-0.15, -0.1) is 10.2 Å². The summed E-state index contributed by atoms with van der Waals surface area (Å²) in [6, 6.07) is 6.55. The standard InChI is InChI=1S/C15H19FN4OS2/c1-3-6-10(2)17-13(21)9-22-15-20-19-14(23-15)18-12-8-5-4-7-11(12)16/h4-5,7-8,10H,3,6,9H2,1-2H3,(H,17,21)(H,18,19)/t10-/m0/s1. The summed E-state index contributed by atoms with van der Waals surface area (Å²) in [5, 5.41) is 14.3. The highest BCUT2D eigenvalue weighted by Gasteiger charge is 2.11. The number of para-hydroxylation sites is 1. The van der Waals surface area contributed by atoms with Gasteiger partial charge in [0.15, 0.2) is 4.34 Å². The van der Waals surface area contributed by atoms with Crippen LogP contribution in [0.25, 0.3) is 0 Å². The Bertz CT molecular complexity index is 650. The fourth-order valence-electron chi connectivity index (χ4n) is 1.95. The van der Waals surface area contributed by atoms with Crippen LogP contribution in [-0.2, 0) is 4.79 Å². The Labute approximate surface area is 143 Å². The Morgan fingerprint density at radius 3 is 2.91 bits per heavy atom. The predicted octanol–water partition coefficient (Wildman–Crippen LogP) is 3.82. The van der Waals surface area contributed by atoms with Crippen molar-refractivity contribution in [3.63, 3.8) is 0 Å². The third kappa shape index (κ3) is 5.80. The maximum Gasteiger partial charge on any atom is 0.230 e. The molecule has 2 rings (SSSR count). The second-order valence-electron chi connectivity index (χ2n) is 5.02. The molecule has 0 saturated heterocycles. The number of benzene rings is 1. The van der Waals surface area contributed by atoms with E-state index < -0.39 is 0 Å². The first-order valence-corrected chi connectivity index (χ1v) is 9.16. The smallest absolute Gasteiger partial charge is 0.230 e. The third-order valence-electron chi connectivity index (χ3n) is 2.98. The van der Waals surface area contributed by atoms with Crippen molar-refractivity contribution >= 4 is 39.8 Å². The molecular weight excluding hydrogens is 335 g/mol. The number of hydrogen-bond acceptors (Lipinski definition) is 6. The van der Waals surface area contributed by atoms with E-state index in [1.54, 1.807) is 18.2 Å². The number of thioether (sulfide) groups is 1. The van der Waals surface area contributed by atoms with Gasteiger partial charge in [-0.05, 0) is 25.5 Å². The molecule has 0 unspecified atom stereocenters. The van der Waals surface area contributed by atoms with Crippen LogP contribution in [0.3, 0.4) is 0 Å². The van der Waals surface area contributed by atoms with E-state index in [9.17, 15) is 9.18 Å². The first-order chi connectivity index (χ1) is 11.1. The Morgan fingerprint density at radius 2 is 2.17 bits per heavy atom. The van der Waals surface area contributed by atoms with Crippen LogP contribution in [0.15, 0.2) is 28.6 Å². The van der Waals surface area contributed by atoms with E-state index in [4.69, 9.17) is 0 Å². The molecule has 2 aromatic rings. The minimum Gasteiger partial charge on any atom is -0.353 e. The van der Waals surface area contributed by atoms with E-state index in [0.29, 0.717) is 20.9 Å². The molecule has 8 heteroatoms. The number of hydrogen-bond donors (Lipinski definition) is 2. The molecule has 0 radical (unpaired) electrons. The zero-order valence-corrected chi connectivity index (χ0v) is 14.6. The summed E-state index contributed by atoms with van der Waals surface area (Å²) in [6.45, 7) is 4.08. The van der Waals surface area contributed by atoms with Crippen molar-refractivity contribution in [1.29, 1.82) is 0 Å². The Balaban J connectivity index is 1.83. The molecule has 2 N–H and O–H groups in total. The fraction of sp³-hybridized carbons (Fsp3) is 0.400. The van der Waals surface area contributed by atoms with Gasteiger partial charge in [-0.1, -0.05) is 48.6 Å². The number of halogens is 1. The molecule has 5 nitrogen and oxygen atoms in total. The lowest BCUT2D eigenvalue weighted by Crippen LogP contribution is -2.33. The molecule has 1 aromatic carbocycles. The fourth-order valence-corrected chi connectivity index (χ4v) is 3.52. The lowest BCUT2D eigenvalue weighted by atomic mass is 10.2. The molecule has 1 atom stereocenters. The van der Waals surface area contributed by atoms with Gasteiger partial charge in [0.1, 0.15) is 5.82 Å². The second-order valence-corrected chi connectivity index (χ2v) is 7.22. The first-order valence-electron chi connectivity index (χ1n) is 7.35. The van der Waals surface area contributed by atoms with E-state index in [1.165, 1.54) is 29.2 Å². The topological polar surface area (TPSA) is 66.9 Å². The molecule has 23 heavy (non-hydrogen) atoms. The van der Waals surface area contributed by atoms with Crippen LogP contribution < -0.4 is 10.6 Å². The summed E-state index contributed by atoms with van der Waals surface area (Å²) in [7, 11) is 0. The van der Waals surface area contributed by atoms with Crippen LogP contribution in [0.2, 0.25) is 0 Å². The van der Waals surface area contributed by atoms with Crippen molar-refractivity contribution in [3.8, 4) is 0 Å². The summed E-state index contributed by atoms with van der Waals surface area (Å²) in [5.41, 5.74) is 0.353. The normalized spacial score (nSPS) is 12.0. The van der Waals surface area contributed by atoms with Crippen molar-refractivity contribution in [2.75, 3.05) is 11.1 Å². The summed E-state index contributed by atoms with van der Waals surface area (Å²) in [4.78, 5) is 11.8. The zero-order valence-electron chi connectivity index (χ0n) is 13.0. The Kier molecular flexibility index (Phi) is 6.79. The van der Waals surface area contributed by atoms with Gasteiger partial charge in [-0.3, -0.25) is 4.79 Å². The van der Waals surface area contributed by atoms with Crippen LogP contribution in [0, 0.1) is 5.82 Å². The second kappa shape index (κ2) is 8.83. The number of aromatic nitrogens is 2. The molecule has 0 bridgehead atoms. The molecule has 0 saturated carbocycles. The molecule has 1 heterocycles. The quantitative estimate of drug-likeness (QED) is 0.706. The Morgan fingerprint density at radius 1 is 1.39 bits per heavy atom. The van der Waals surface area contributed by atoms with Crippen LogP contribution in [-0.4, -0.2) is 27.9 Å². The van der Waals surface area contributed by atoms with Crippen molar-refractivity contribution in [3.05, 3.63) is 30.1 Å². The summed E-state index contributed by atoms with van der Waals surface area (Å²) in [6.07, 6.45) is 2.00. The maximum absolute atomic E-state index is 13.6. The van der Waals surface area contributed by atoms with E-state index in [2.05, 4.69) is 27.8 Å². The minimum atomic E-state index is -0.346. The molecule has 0 aliphatic carbocycles. The van der Waals surface area contributed by atoms with Gasteiger partial charge in [-0.2, -0.15) is 0 Å². The van der Waals surface area contributed by atoms with Crippen molar-refractivity contribution in [1.82, 2.24) is 15.5 Å². The van der Waals surface area contributed by atoms with E-state index >= 15 is 0 Å². The molecule has 0 aliphatic rings. The van der Waals surface area contributed by atoms with Crippen molar-refractivity contribution < 1.29 is 9.18 Å². The summed E-state index contributed by atoms with van der Waals surface area (Å²) >= 11 is 2.61. The molecule has 0 aliphatic heterocycles. The summed E-state index contributed by atoms with van der Waals surface area (Å²) < 4.78 is 14.2. The average molecular weight is 354 g/mol. The third-order valence-corrected chi connectivity index (χ3v) is 4.95. The first kappa shape index (κ1) is 17.7. The highest BCUT2D eigenvalue weighted by Crippen LogP contribution is 2.28. The number of anilines is 2. The highest BCUT2D eigenvalue weighted by molar-refractivity contribution is 8.01. The number of nitrogens with one attached hydrogen (secondary N) is 2. The molecule has 0 spiro atoms. The van der Waals surface area contributed by atoms with Gasteiger partial charge < -0.3 is 10.6 Å². The zero-order chi connectivity index (χ0) is 16.7.